The van der Waals surface area contributed by atoms with Gasteiger partial charge >= 0.3 is 0 Å². The Labute approximate surface area is 154 Å². The summed E-state index contributed by atoms with van der Waals surface area (Å²) in [4.78, 5) is 20.9. The number of halogens is 1. The molecule has 3 aromatic rings. The summed E-state index contributed by atoms with van der Waals surface area (Å²) in [6.07, 6.45) is 3.23. The van der Waals surface area contributed by atoms with Gasteiger partial charge in [0, 0.05) is 29.7 Å². The van der Waals surface area contributed by atoms with Gasteiger partial charge in [-0.05, 0) is 36.4 Å². The minimum Gasteiger partial charge on any atom is -0.486 e. The van der Waals surface area contributed by atoms with Crippen LogP contribution in [0, 0.1) is 0 Å². The molecule has 1 amide bonds. The molecule has 1 aromatic carbocycles. The summed E-state index contributed by atoms with van der Waals surface area (Å²) in [5.74, 6) is 0.964. The molecule has 6 nitrogen and oxygen atoms in total. The highest BCUT2D eigenvalue weighted by Crippen LogP contribution is 2.32. The number of carbonyl (C=O) groups excluding carboxylic acids is 1. The number of rotatable bonds is 3. The molecule has 0 saturated heterocycles. The van der Waals surface area contributed by atoms with Crippen LogP contribution in [0.5, 0.6) is 11.5 Å². The number of amides is 1. The summed E-state index contributed by atoms with van der Waals surface area (Å²) < 4.78 is 11.0. The average molecular weight is 368 g/mol. The number of ether oxygens (including phenoxy) is 2. The standard InChI is InChI=1S/C19H14ClN3O3/c20-14-2-1-7-21-18(14)12-3-5-15(22-11-12)19(24)23-13-4-6-16-17(10-13)26-9-8-25-16/h1-7,10-11H,8-9H2,(H,23,24). The first-order chi connectivity index (χ1) is 12.7. The van der Waals surface area contributed by atoms with Crippen LogP contribution in [0.2, 0.25) is 5.02 Å². The van der Waals surface area contributed by atoms with Gasteiger partial charge in [-0.15, -0.1) is 0 Å². The molecule has 26 heavy (non-hydrogen) atoms. The molecule has 0 aliphatic carbocycles. The molecule has 7 heteroatoms. The highest BCUT2D eigenvalue weighted by Gasteiger charge is 2.14. The molecule has 0 atom stereocenters. The highest BCUT2D eigenvalue weighted by molar-refractivity contribution is 6.33. The Kier molecular flexibility index (Phi) is 4.41. The summed E-state index contributed by atoms with van der Waals surface area (Å²) >= 11 is 6.13. The Morgan fingerprint density at radius 2 is 1.88 bits per heavy atom. The maximum Gasteiger partial charge on any atom is 0.274 e. The number of nitrogens with zero attached hydrogens (tertiary/aromatic N) is 2. The normalized spacial score (nSPS) is 12.5. The number of fused-ring (bicyclic) bond motifs is 1. The Balaban J connectivity index is 1.51. The van der Waals surface area contributed by atoms with Gasteiger partial charge in [-0.2, -0.15) is 0 Å². The Morgan fingerprint density at radius 3 is 2.65 bits per heavy atom. The fourth-order valence-corrected chi connectivity index (χ4v) is 2.81. The topological polar surface area (TPSA) is 73.3 Å². The minimum absolute atomic E-state index is 0.288. The van der Waals surface area contributed by atoms with Crippen LogP contribution in [0.15, 0.2) is 54.9 Å². The van der Waals surface area contributed by atoms with Crippen LogP contribution in [0.3, 0.4) is 0 Å². The molecule has 3 heterocycles. The van der Waals surface area contributed by atoms with Gasteiger partial charge in [-0.1, -0.05) is 11.6 Å². The summed E-state index contributed by atoms with van der Waals surface area (Å²) in [7, 11) is 0. The number of benzene rings is 1. The van der Waals surface area contributed by atoms with Crippen molar-refractivity contribution in [3.05, 3.63) is 65.6 Å². The molecular weight excluding hydrogens is 354 g/mol. The molecule has 0 saturated carbocycles. The van der Waals surface area contributed by atoms with Crippen molar-refractivity contribution < 1.29 is 14.3 Å². The third kappa shape index (κ3) is 3.32. The van der Waals surface area contributed by atoms with Crippen molar-refractivity contribution in [2.75, 3.05) is 18.5 Å². The van der Waals surface area contributed by atoms with Crippen LogP contribution in [0.25, 0.3) is 11.3 Å². The maximum atomic E-state index is 12.4. The van der Waals surface area contributed by atoms with Crippen molar-refractivity contribution in [1.82, 2.24) is 9.97 Å². The summed E-state index contributed by atoms with van der Waals surface area (Å²) in [6.45, 7) is 1.01. The van der Waals surface area contributed by atoms with Crippen LogP contribution in [-0.2, 0) is 0 Å². The fraction of sp³-hybridized carbons (Fsp3) is 0.105. The molecule has 1 aliphatic rings. The Morgan fingerprint density at radius 1 is 1.04 bits per heavy atom. The van der Waals surface area contributed by atoms with Crippen molar-refractivity contribution in [1.29, 1.82) is 0 Å². The van der Waals surface area contributed by atoms with Crippen molar-refractivity contribution in [2.24, 2.45) is 0 Å². The molecule has 1 N–H and O–H groups in total. The number of aromatic nitrogens is 2. The van der Waals surface area contributed by atoms with E-state index >= 15 is 0 Å². The fourth-order valence-electron chi connectivity index (χ4n) is 2.58. The quantitative estimate of drug-likeness (QED) is 0.761. The van der Waals surface area contributed by atoms with Crippen LogP contribution < -0.4 is 14.8 Å². The first-order valence-corrected chi connectivity index (χ1v) is 8.36. The Bertz CT molecular complexity index is 960. The molecule has 2 aromatic heterocycles. The van der Waals surface area contributed by atoms with E-state index in [0.29, 0.717) is 41.1 Å². The monoisotopic (exact) mass is 367 g/mol. The molecule has 0 spiro atoms. The molecular formula is C19H14ClN3O3. The van der Waals surface area contributed by atoms with Crippen LogP contribution >= 0.6 is 11.6 Å². The van der Waals surface area contributed by atoms with E-state index < -0.39 is 0 Å². The SMILES string of the molecule is O=C(Nc1ccc2c(c1)OCCO2)c1ccc(-c2ncccc2Cl)cn1. The van der Waals surface area contributed by atoms with Gasteiger partial charge in [0.25, 0.3) is 5.91 Å². The second-order valence-corrected chi connectivity index (χ2v) is 5.99. The molecule has 0 unspecified atom stereocenters. The molecule has 1 aliphatic heterocycles. The van der Waals surface area contributed by atoms with Gasteiger partial charge in [-0.25, -0.2) is 0 Å². The maximum absolute atomic E-state index is 12.4. The number of nitrogens with one attached hydrogen (secondary N) is 1. The average Bonchev–Trinajstić information content (AvgIpc) is 2.68. The van der Waals surface area contributed by atoms with Gasteiger partial charge < -0.3 is 14.8 Å². The number of hydrogen-bond acceptors (Lipinski definition) is 5. The van der Waals surface area contributed by atoms with Gasteiger partial charge in [0.05, 0.1) is 10.7 Å². The number of anilines is 1. The van der Waals surface area contributed by atoms with E-state index in [1.54, 1.807) is 54.9 Å². The van der Waals surface area contributed by atoms with Crippen LogP contribution in [0.4, 0.5) is 5.69 Å². The zero-order valence-corrected chi connectivity index (χ0v) is 14.4. The van der Waals surface area contributed by atoms with E-state index in [9.17, 15) is 4.79 Å². The zero-order valence-electron chi connectivity index (χ0n) is 13.6. The largest absolute Gasteiger partial charge is 0.486 e. The second-order valence-electron chi connectivity index (χ2n) is 5.58. The van der Waals surface area contributed by atoms with Crippen LogP contribution in [0.1, 0.15) is 10.5 Å². The number of hydrogen-bond donors (Lipinski definition) is 1. The molecule has 0 radical (unpaired) electrons. The van der Waals surface area contributed by atoms with Gasteiger partial charge in [0.2, 0.25) is 0 Å². The lowest BCUT2D eigenvalue weighted by atomic mass is 10.1. The van der Waals surface area contributed by atoms with Crippen molar-refractivity contribution in [3.63, 3.8) is 0 Å². The van der Waals surface area contributed by atoms with Crippen LogP contribution in [-0.4, -0.2) is 29.1 Å². The second kappa shape index (κ2) is 7.01. The van der Waals surface area contributed by atoms with E-state index in [2.05, 4.69) is 15.3 Å². The van der Waals surface area contributed by atoms with E-state index in [1.165, 1.54) is 0 Å². The van der Waals surface area contributed by atoms with Crippen molar-refractivity contribution >= 4 is 23.2 Å². The minimum atomic E-state index is -0.319. The summed E-state index contributed by atoms with van der Waals surface area (Å²) in [5.41, 5.74) is 2.26. The predicted molar refractivity (Wildman–Crippen MR) is 97.9 cm³/mol. The Hall–Kier alpha value is -3.12. The molecule has 4 rings (SSSR count). The third-order valence-corrected chi connectivity index (χ3v) is 4.13. The molecule has 0 fully saturated rings. The third-order valence-electron chi connectivity index (χ3n) is 3.83. The van der Waals surface area contributed by atoms with Gasteiger partial charge in [-0.3, -0.25) is 14.8 Å². The molecule has 0 bridgehead atoms. The van der Waals surface area contributed by atoms with Gasteiger partial charge in [0.15, 0.2) is 11.5 Å². The lowest BCUT2D eigenvalue weighted by molar-refractivity contribution is 0.102. The predicted octanol–water partition coefficient (Wildman–Crippen LogP) is 3.82. The number of carbonyl (C=O) groups is 1. The first-order valence-electron chi connectivity index (χ1n) is 7.99. The zero-order chi connectivity index (χ0) is 17.9. The van der Waals surface area contributed by atoms with Crippen molar-refractivity contribution in [2.45, 2.75) is 0 Å². The van der Waals surface area contributed by atoms with E-state index in [1.807, 2.05) is 0 Å². The van der Waals surface area contributed by atoms with E-state index in [-0.39, 0.29) is 11.6 Å². The van der Waals surface area contributed by atoms with E-state index in [0.717, 1.165) is 5.56 Å². The highest BCUT2D eigenvalue weighted by atomic mass is 35.5. The number of pyridine rings is 2. The lowest BCUT2D eigenvalue weighted by Crippen LogP contribution is -2.17. The first kappa shape index (κ1) is 16.4. The molecule has 130 valence electrons. The van der Waals surface area contributed by atoms with Crippen molar-refractivity contribution in [3.8, 4) is 22.8 Å². The summed E-state index contributed by atoms with van der Waals surface area (Å²) in [5, 5.41) is 3.33. The summed E-state index contributed by atoms with van der Waals surface area (Å²) in [6, 6.07) is 12.2. The van der Waals surface area contributed by atoms with Gasteiger partial charge in [0.1, 0.15) is 18.9 Å². The van der Waals surface area contributed by atoms with E-state index in [4.69, 9.17) is 21.1 Å². The lowest BCUT2D eigenvalue weighted by Gasteiger charge is -2.18. The smallest absolute Gasteiger partial charge is 0.274 e.